The van der Waals surface area contributed by atoms with Crippen LogP contribution in [0.3, 0.4) is 0 Å². The zero-order valence-electron chi connectivity index (χ0n) is 12.1. The summed E-state index contributed by atoms with van der Waals surface area (Å²) in [5.74, 6) is 0.606. The Hall–Kier alpha value is -1.07. The third-order valence-electron chi connectivity index (χ3n) is 3.98. The van der Waals surface area contributed by atoms with Gasteiger partial charge in [0.15, 0.2) is 0 Å². The number of hydrogen-bond acceptors (Lipinski definition) is 2. The first-order chi connectivity index (χ1) is 9.86. The molecule has 118 valence electrons. The van der Waals surface area contributed by atoms with Gasteiger partial charge in [-0.05, 0) is 36.5 Å². The Balaban J connectivity index is 1.92. The molecule has 1 aromatic carbocycles. The maximum absolute atomic E-state index is 12.6. The average Bonchev–Trinajstić information content (AvgIpc) is 2.44. The average molecular weight is 302 g/mol. The Kier molecular flexibility index (Phi) is 5.27. The minimum absolute atomic E-state index is 0.0404. The SMILES string of the molecule is CC1CCCC(OCC(O)c2cccc(C(F)(F)F)c2)C1. The number of hydrogen-bond donors (Lipinski definition) is 1. The van der Waals surface area contributed by atoms with Gasteiger partial charge in [-0.3, -0.25) is 0 Å². The van der Waals surface area contributed by atoms with Crippen molar-refractivity contribution in [1.82, 2.24) is 0 Å². The summed E-state index contributed by atoms with van der Waals surface area (Å²) in [5, 5.41) is 10.0. The van der Waals surface area contributed by atoms with Gasteiger partial charge in [0.2, 0.25) is 0 Å². The zero-order chi connectivity index (χ0) is 15.5. The molecule has 1 aliphatic rings. The number of rotatable bonds is 4. The first kappa shape index (κ1) is 16.3. The van der Waals surface area contributed by atoms with Crippen LogP contribution in [0.1, 0.15) is 49.8 Å². The van der Waals surface area contributed by atoms with E-state index in [1.807, 2.05) is 0 Å². The van der Waals surface area contributed by atoms with Crippen molar-refractivity contribution in [1.29, 1.82) is 0 Å². The predicted molar refractivity (Wildman–Crippen MR) is 73.8 cm³/mol. The van der Waals surface area contributed by atoms with Crippen LogP contribution in [-0.2, 0) is 10.9 Å². The largest absolute Gasteiger partial charge is 0.416 e. The maximum Gasteiger partial charge on any atom is 0.416 e. The van der Waals surface area contributed by atoms with E-state index < -0.39 is 17.8 Å². The van der Waals surface area contributed by atoms with Gasteiger partial charge in [-0.2, -0.15) is 13.2 Å². The molecule has 1 aromatic rings. The molecule has 21 heavy (non-hydrogen) atoms. The van der Waals surface area contributed by atoms with E-state index in [0.29, 0.717) is 5.92 Å². The van der Waals surface area contributed by atoms with Crippen LogP contribution in [0, 0.1) is 5.92 Å². The van der Waals surface area contributed by atoms with Crippen LogP contribution in [-0.4, -0.2) is 17.8 Å². The van der Waals surface area contributed by atoms with E-state index in [1.54, 1.807) is 0 Å². The Morgan fingerprint density at radius 2 is 2.10 bits per heavy atom. The molecule has 1 N–H and O–H groups in total. The van der Waals surface area contributed by atoms with Crippen molar-refractivity contribution >= 4 is 0 Å². The minimum atomic E-state index is -4.39. The summed E-state index contributed by atoms with van der Waals surface area (Å²) in [6.07, 6.45) is -1.11. The Bertz CT molecular complexity index is 459. The number of ether oxygens (including phenoxy) is 1. The molecule has 0 aliphatic heterocycles. The molecule has 0 amide bonds. The van der Waals surface area contributed by atoms with E-state index in [-0.39, 0.29) is 18.3 Å². The first-order valence-corrected chi connectivity index (χ1v) is 7.33. The fraction of sp³-hybridized carbons (Fsp3) is 0.625. The number of halogens is 3. The number of aliphatic hydroxyl groups is 1. The summed E-state index contributed by atoms with van der Waals surface area (Å²) in [6.45, 7) is 2.21. The van der Waals surface area contributed by atoms with Crippen molar-refractivity contribution in [3.63, 3.8) is 0 Å². The summed E-state index contributed by atoms with van der Waals surface area (Å²) in [7, 11) is 0. The number of benzene rings is 1. The summed E-state index contributed by atoms with van der Waals surface area (Å²) >= 11 is 0. The van der Waals surface area contributed by atoms with Crippen molar-refractivity contribution < 1.29 is 23.0 Å². The molecule has 0 bridgehead atoms. The summed E-state index contributed by atoms with van der Waals surface area (Å²) in [5.41, 5.74) is -0.501. The highest BCUT2D eigenvalue weighted by Crippen LogP contribution is 2.31. The van der Waals surface area contributed by atoms with Crippen LogP contribution < -0.4 is 0 Å². The van der Waals surface area contributed by atoms with Crippen LogP contribution in [0.4, 0.5) is 13.2 Å². The van der Waals surface area contributed by atoms with Crippen molar-refractivity contribution in [3.8, 4) is 0 Å². The van der Waals surface area contributed by atoms with E-state index in [0.717, 1.165) is 31.4 Å². The molecule has 2 nitrogen and oxygen atoms in total. The Labute approximate surface area is 122 Å². The van der Waals surface area contributed by atoms with Crippen LogP contribution in [0.2, 0.25) is 0 Å². The standard InChI is InChI=1S/C16H21F3O2/c1-11-4-2-7-14(8-11)21-10-15(20)12-5-3-6-13(9-12)16(17,18)19/h3,5-6,9,11,14-15,20H,2,4,7-8,10H2,1H3. The van der Waals surface area contributed by atoms with Gasteiger partial charge in [-0.15, -0.1) is 0 Å². The highest BCUT2D eigenvalue weighted by atomic mass is 19.4. The monoisotopic (exact) mass is 302 g/mol. The molecule has 2 rings (SSSR count). The molecule has 1 saturated carbocycles. The van der Waals surface area contributed by atoms with Crippen LogP contribution >= 0.6 is 0 Å². The van der Waals surface area contributed by atoms with E-state index in [4.69, 9.17) is 4.74 Å². The van der Waals surface area contributed by atoms with Crippen LogP contribution in [0.5, 0.6) is 0 Å². The molecular formula is C16H21F3O2. The van der Waals surface area contributed by atoms with E-state index in [9.17, 15) is 18.3 Å². The van der Waals surface area contributed by atoms with E-state index in [1.165, 1.54) is 18.6 Å². The molecular weight excluding hydrogens is 281 g/mol. The zero-order valence-corrected chi connectivity index (χ0v) is 12.1. The predicted octanol–water partition coefficient (Wildman–Crippen LogP) is 4.33. The molecule has 0 spiro atoms. The molecule has 0 aromatic heterocycles. The number of aliphatic hydroxyl groups excluding tert-OH is 1. The molecule has 0 heterocycles. The molecule has 3 unspecified atom stereocenters. The fourth-order valence-electron chi connectivity index (χ4n) is 2.78. The summed E-state index contributed by atoms with van der Waals surface area (Å²) in [4.78, 5) is 0. The van der Waals surface area contributed by atoms with Crippen molar-refractivity contribution in [2.75, 3.05) is 6.61 Å². The lowest BCUT2D eigenvalue weighted by Crippen LogP contribution is -2.23. The molecule has 1 aliphatic carbocycles. The van der Waals surface area contributed by atoms with Crippen molar-refractivity contribution in [3.05, 3.63) is 35.4 Å². The minimum Gasteiger partial charge on any atom is -0.386 e. The molecule has 0 radical (unpaired) electrons. The van der Waals surface area contributed by atoms with E-state index in [2.05, 4.69) is 6.92 Å². The van der Waals surface area contributed by atoms with Gasteiger partial charge in [0, 0.05) is 0 Å². The lowest BCUT2D eigenvalue weighted by Gasteiger charge is -2.27. The smallest absolute Gasteiger partial charge is 0.386 e. The second-order valence-electron chi connectivity index (χ2n) is 5.87. The van der Waals surface area contributed by atoms with Gasteiger partial charge in [-0.1, -0.05) is 31.9 Å². The molecule has 1 fully saturated rings. The van der Waals surface area contributed by atoms with Crippen LogP contribution in [0.25, 0.3) is 0 Å². The summed E-state index contributed by atoms with van der Waals surface area (Å²) < 4.78 is 43.6. The summed E-state index contributed by atoms with van der Waals surface area (Å²) in [6, 6.07) is 4.79. The first-order valence-electron chi connectivity index (χ1n) is 7.33. The molecule has 5 heteroatoms. The van der Waals surface area contributed by atoms with Crippen LogP contribution in [0.15, 0.2) is 24.3 Å². The Morgan fingerprint density at radius 3 is 2.76 bits per heavy atom. The quantitative estimate of drug-likeness (QED) is 0.897. The lowest BCUT2D eigenvalue weighted by atomic mass is 9.89. The second-order valence-corrected chi connectivity index (χ2v) is 5.87. The second kappa shape index (κ2) is 6.79. The highest BCUT2D eigenvalue weighted by Gasteiger charge is 2.31. The van der Waals surface area contributed by atoms with Gasteiger partial charge in [0.1, 0.15) is 6.10 Å². The lowest BCUT2D eigenvalue weighted by molar-refractivity contribution is -0.137. The molecule has 3 atom stereocenters. The van der Waals surface area contributed by atoms with Gasteiger partial charge >= 0.3 is 6.18 Å². The third-order valence-corrected chi connectivity index (χ3v) is 3.98. The maximum atomic E-state index is 12.6. The third kappa shape index (κ3) is 4.71. The van der Waals surface area contributed by atoms with Gasteiger partial charge in [0.25, 0.3) is 0 Å². The van der Waals surface area contributed by atoms with Crippen molar-refractivity contribution in [2.45, 2.75) is 51.0 Å². The normalized spacial score (nSPS) is 24.8. The fourth-order valence-corrected chi connectivity index (χ4v) is 2.78. The Morgan fingerprint density at radius 1 is 1.33 bits per heavy atom. The van der Waals surface area contributed by atoms with Crippen molar-refractivity contribution in [2.24, 2.45) is 5.92 Å². The molecule has 0 saturated heterocycles. The van der Waals surface area contributed by atoms with Gasteiger partial charge in [-0.25, -0.2) is 0 Å². The number of alkyl halides is 3. The highest BCUT2D eigenvalue weighted by molar-refractivity contribution is 5.27. The topological polar surface area (TPSA) is 29.5 Å². The van der Waals surface area contributed by atoms with Gasteiger partial charge < -0.3 is 9.84 Å². The van der Waals surface area contributed by atoms with E-state index >= 15 is 0 Å². The van der Waals surface area contributed by atoms with Gasteiger partial charge in [0.05, 0.1) is 18.3 Å².